The van der Waals surface area contributed by atoms with Crippen LogP contribution in [0.1, 0.15) is 11.4 Å². The number of nitrogens with zero attached hydrogens (tertiary/aromatic N) is 1. The largest absolute Gasteiger partial charge is 0.435 e. The Balaban J connectivity index is 1.67. The molecule has 0 unspecified atom stereocenters. The van der Waals surface area contributed by atoms with E-state index < -0.39 is 12.6 Å². The molecule has 0 fully saturated rings. The molecule has 0 bridgehead atoms. The van der Waals surface area contributed by atoms with Crippen LogP contribution in [0.3, 0.4) is 0 Å². The van der Waals surface area contributed by atoms with Crippen LogP contribution in [-0.2, 0) is 0 Å². The maximum atomic E-state index is 12.2. The quantitative estimate of drug-likeness (QED) is 0.602. The number of urea groups is 1. The number of benzene rings is 2. The Morgan fingerprint density at radius 3 is 2.18 bits per heavy atom. The molecular formula is C21H19F2N3O2. The van der Waals surface area contributed by atoms with E-state index in [1.54, 1.807) is 6.07 Å². The molecule has 2 amide bonds. The van der Waals surface area contributed by atoms with E-state index in [0.717, 1.165) is 22.5 Å². The summed E-state index contributed by atoms with van der Waals surface area (Å²) >= 11 is 0. The van der Waals surface area contributed by atoms with Gasteiger partial charge in [-0.15, -0.1) is 0 Å². The first-order valence-corrected chi connectivity index (χ1v) is 8.58. The minimum atomic E-state index is -2.89. The molecule has 0 saturated carbocycles. The average Bonchev–Trinajstić information content (AvgIpc) is 2.62. The van der Waals surface area contributed by atoms with E-state index in [1.807, 2.05) is 44.2 Å². The van der Waals surface area contributed by atoms with Crippen LogP contribution in [-0.4, -0.2) is 17.6 Å². The molecule has 28 heavy (non-hydrogen) atoms. The molecule has 0 aliphatic rings. The summed E-state index contributed by atoms with van der Waals surface area (Å²) < 4.78 is 28.6. The van der Waals surface area contributed by atoms with Crippen molar-refractivity contribution in [3.8, 4) is 16.9 Å². The molecule has 1 aromatic heterocycles. The number of amides is 2. The maximum Gasteiger partial charge on any atom is 0.387 e. The molecule has 0 radical (unpaired) electrons. The number of hydrogen-bond acceptors (Lipinski definition) is 3. The minimum absolute atomic E-state index is 0.0246. The highest BCUT2D eigenvalue weighted by atomic mass is 19.3. The van der Waals surface area contributed by atoms with Gasteiger partial charge in [0.2, 0.25) is 0 Å². The fourth-order valence-corrected chi connectivity index (χ4v) is 2.79. The molecule has 0 atom stereocenters. The van der Waals surface area contributed by atoms with Gasteiger partial charge in [-0.3, -0.25) is 4.98 Å². The molecule has 3 aromatic rings. The van der Waals surface area contributed by atoms with Crippen LogP contribution in [0.4, 0.5) is 25.0 Å². The molecule has 0 saturated heterocycles. The molecule has 2 aromatic carbocycles. The predicted octanol–water partition coefficient (Wildman–Crippen LogP) is 5.61. The molecule has 0 spiro atoms. The van der Waals surface area contributed by atoms with Gasteiger partial charge in [0.15, 0.2) is 0 Å². The van der Waals surface area contributed by atoms with E-state index in [1.165, 1.54) is 24.3 Å². The van der Waals surface area contributed by atoms with Gasteiger partial charge in [0, 0.05) is 22.8 Å². The Morgan fingerprint density at radius 2 is 1.54 bits per heavy atom. The first-order chi connectivity index (χ1) is 13.4. The molecule has 5 nitrogen and oxygen atoms in total. The number of alkyl halides is 2. The van der Waals surface area contributed by atoms with Crippen molar-refractivity contribution in [2.45, 2.75) is 20.5 Å². The second-order valence-corrected chi connectivity index (χ2v) is 6.20. The summed E-state index contributed by atoms with van der Waals surface area (Å²) in [5.74, 6) is 0.0246. The van der Waals surface area contributed by atoms with Crippen LogP contribution in [0, 0.1) is 13.8 Å². The van der Waals surface area contributed by atoms with Crippen LogP contribution in [0.5, 0.6) is 5.75 Å². The fraction of sp³-hybridized carbons (Fsp3) is 0.143. The fourth-order valence-electron chi connectivity index (χ4n) is 2.79. The topological polar surface area (TPSA) is 63.2 Å². The van der Waals surface area contributed by atoms with E-state index >= 15 is 0 Å². The Bertz CT molecular complexity index is 955. The highest BCUT2D eigenvalue weighted by molar-refractivity contribution is 6.00. The van der Waals surface area contributed by atoms with Gasteiger partial charge in [0.05, 0.1) is 0 Å². The zero-order valence-electron chi connectivity index (χ0n) is 15.4. The first kappa shape index (κ1) is 19.3. The van der Waals surface area contributed by atoms with Crippen molar-refractivity contribution < 1.29 is 18.3 Å². The molecular weight excluding hydrogens is 364 g/mol. The lowest BCUT2D eigenvalue weighted by Gasteiger charge is -2.11. The Labute approximate surface area is 161 Å². The molecule has 7 heteroatoms. The standard InChI is InChI=1S/C21H19F2N3O2/c1-13-10-16(11-14(2)24-13)15-4-3-5-18(12-15)26-21(27)25-17-6-8-19(9-7-17)28-20(22)23/h3-12,20H,1-2H3,(H2,25,26,27). The van der Waals surface area contributed by atoms with Gasteiger partial charge < -0.3 is 15.4 Å². The number of halogens is 2. The van der Waals surface area contributed by atoms with E-state index in [2.05, 4.69) is 20.4 Å². The summed E-state index contributed by atoms with van der Waals surface area (Å²) in [7, 11) is 0. The summed E-state index contributed by atoms with van der Waals surface area (Å²) in [6, 6.07) is 16.7. The number of ether oxygens (including phenoxy) is 1. The van der Waals surface area contributed by atoms with Gasteiger partial charge in [0.25, 0.3) is 0 Å². The second kappa shape index (κ2) is 8.47. The van der Waals surface area contributed by atoms with E-state index in [-0.39, 0.29) is 5.75 Å². The summed E-state index contributed by atoms with van der Waals surface area (Å²) in [6.07, 6.45) is 0. The lowest BCUT2D eigenvalue weighted by atomic mass is 10.0. The van der Waals surface area contributed by atoms with Crippen molar-refractivity contribution in [1.29, 1.82) is 0 Å². The number of aromatic nitrogens is 1. The Morgan fingerprint density at radius 1 is 0.893 bits per heavy atom. The van der Waals surface area contributed by atoms with Crippen LogP contribution in [0.25, 0.3) is 11.1 Å². The average molecular weight is 383 g/mol. The van der Waals surface area contributed by atoms with Crippen LogP contribution in [0.15, 0.2) is 60.7 Å². The zero-order chi connectivity index (χ0) is 20.1. The summed E-state index contributed by atoms with van der Waals surface area (Å²) in [4.78, 5) is 16.6. The van der Waals surface area contributed by atoms with Gasteiger partial charge in [-0.1, -0.05) is 12.1 Å². The number of nitrogens with one attached hydrogen (secondary N) is 2. The highest BCUT2D eigenvalue weighted by Gasteiger charge is 2.07. The summed E-state index contributed by atoms with van der Waals surface area (Å²) in [5.41, 5.74) is 4.90. The third-order valence-electron chi connectivity index (χ3n) is 3.87. The molecule has 2 N–H and O–H groups in total. The van der Waals surface area contributed by atoms with Crippen molar-refractivity contribution in [1.82, 2.24) is 4.98 Å². The molecule has 144 valence electrons. The molecule has 0 aliphatic heterocycles. The molecule has 3 rings (SSSR count). The van der Waals surface area contributed by atoms with Crippen LogP contribution >= 0.6 is 0 Å². The van der Waals surface area contributed by atoms with Crippen molar-refractivity contribution in [3.05, 3.63) is 72.1 Å². The monoisotopic (exact) mass is 383 g/mol. The van der Waals surface area contributed by atoms with Gasteiger partial charge in [0.1, 0.15) is 5.75 Å². The normalized spacial score (nSPS) is 10.6. The van der Waals surface area contributed by atoms with Crippen LogP contribution < -0.4 is 15.4 Å². The molecule has 0 aliphatic carbocycles. The van der Waals surface area contributed by atoms with Crippen molar-refractivity contribution in [2.24, 2.45) is 0 Å². The number of rotatable bonds is 5. The smallest absolute Gasteiger partial charge is 0.387 e. The van der Waals surface area contributed by atoms with Gasteiger partial charge in [-0.25, -0.2) is 4.79 Å². The first-order valence-electron chi connectivity index (χ1n) is 8.58. The third-order valence-corrected chi connectivity index (χ3v) is 3.87. The number of pyridine rings is 1. The van der Waals surface area contributed by atoms with Gasteiger partial charge >= 0.3 is 12.6 Å². The van der Waals surface area contributed by atoms with E-state index in [0.29, 0.717) is 11.4 Å². The van der Waals surface area contributed by atoms with Crippen molar-refractivity contribution in [2.75, 3.05) is 10.6 Å². The lowest BCUT2D eigenvalue weighted by Crippen LogP contribution is -2.19. The third kappa shape index (κ3) is 5.26. The van der Waals surface area contributed by atoms with Crippen LogP contribution in [0.2, 0.25) is 0 Å². The highest BCUT2D eigenvalue weighted by Crippen LogP contribution is 2.24. The maximum absolute atomic E-state index is 12.2. The van der Waals surface area contributed by atoms with Crippen molar-refractivity contribution in [3.63, 3.8) is 0 Å². The number of carbonyl (C=O) groups is 1. The predicted molar refractivity (Wildman–Crippen MR) is 105 cm³/mol. The summed E-state index contributed by atoms with van der Waals surface area (Å²) in [6.45, 7) is 0.982. The SMILES string of the molecule is Cc1cc(-c2cccc(NC(=O)Nc3ccc(OC(F)F)cc3)c2)cc(C)n1. The Kier molecular flexibility index (Phi) is 5.84. The number of anilines is 2. The van der Waals surface area contributed by atoms with Gasteiger partial charge in [-0.05, 0) is 73.5 Å². The van der Waals surface area contributed by atoms with Crippen molar-refractivity contribution >= 4 is 17.4 Å². The number of hydrogen-bond donors (Lipinski definition) is 2. The zero-order valence-corrected chi connectivity index (χ0v) is 15.4. The Hall–Kier alpha value is -3.48. The summed E-state index contributed by atoms with van der Waals surface area (Å²) in [5, 5.41) is 5.40. The van der Waals surface area contributed by atoms with E-state index in [4.69, 9.17) is 0 Å². The van der Waals surface area contributed by atoms with E-state index in [9.17, 15) is 13.6 Å². The minimum Gasteiger partial charge on any atom is -0.435 e. The number of aryl methyl sites for hydroxylation is 2. The number of carbonyl (C=O) groups excluding carboxylic acids is 1. The van der Waals surface area contributed by atoms with Gasteiger partial charge in [-0.2, -0.15) is 8.78 Å². The second-order valence-electron chi connectivity index (χ2n) is 6.20. The molecule has 1 heterocycles. The lowest BCUT2D eigenvalue weighted by molar-refractivity contribution is -0.0498.